The zero-order valence-corrected chi connectivity index (χ0v) is 18.6. The fourth-order valence-corrected chi connectivity index (χ4v) is 4.17. The van der Waals surface area contributed by atoms with Gasteiger partial charge >= 0.3 is 0 Å². The summed E-state index contributed by atoms with van der Waals surface area (Å²) < 4.78 is 5.89. The first kappa shape index (κ1) is 22.0. The second kappa shape index (κ2) is 9.97. The number of hydrogen-bond donors (Lipinski definition) is 2. The van der Waals surface area contributed by atoms with E-state index in [2.05, 4.69) is 15.2 Å². The van der Waals surface area contributed by atoms with E-state index in [0.29, 0.717) is 18.8 Å². The highest BCUT2D eigenvalue weighted by Crippen LogP contribution is 2.31. The van der Waals surface area contributed by atoms with Crippen LogP contribution in [0.15, 0.2) is 60.8 Å². The van der Waals surface area contributed by atoms with Gasteiger partial charge in [0.1, 0.15) is 11.3 Å². The standard InChI is InChI=1S/C25H30N4O3/c1-28(2)22-10-11-23(25-20(22)9-6-13-26-25)32-17-24(31)27-21(18-7-4-3-5-8-18)16-29-14-12-19(30)15-29/h3-11,13,19,21,30H,12,14-17H2,1-2H3,(H,27,31)/t19-,21+/m0/s1. The number of benzene rings is 2. The lowest BCUT2D eigenvalue weighted by Crippen LogP contribution is -2.39. The average molecular weight is 435 g/mol. The van der Waals surface area contributed by atoms with Crippen molar-refractivity contribution in [2.24, 2.45) is 0 Å². The predicted octanol–water partition coefficient (Wildman–Crippen LogP) is 2.60. The number of rotatable bonds is 8. The normalized spacial score (nSPS) is 17.3. The molecule has 1 fully saturated rings. The Bertz CT molecular complexity index is 1060. The van der Waals surface area contributed by atoms with Crippen molar-refractivity contribution in [1.82, 2.24) is 15.2 Å². The minimum atomic E-state index is -0.295. The van der Waals surface area contributed by atoms with Gasteiger partial charge in [0.2, 0.25) is 0 Å². The monoisotopic (exact) mass is 434 g/mol. The minimum absolute atomic E-state index is 0.0983. The number of pyridine rings is 1. The molecule has 2 N–H and O–H groups in total. The number of anilines is 1. The number of likely N-dealkylation sites (tertiary alicyclic amines) is 1. The van der Waals surface area contributed by atoms with Crippen LogP contribution in [0.1, 0.15) is 18.0 Å². The molecule has 1 aliphatic heterocycles. The molecule has 1 aliphatic rings. The number of aliphatic hydroxyl groups excluding tert-OH is 1. The molecule has 0 saturated carbocycles. The number of aromatic nitrogens is 1. The first-order chi connectivity index (χ1) is 15.5. The highest BCUT2D eigenvalue weighted by Gasteiger charge is 2.25. The Balaban J connectivity index is 1.45. The Kier molecular flexibility index (Phi) is 6.87. The maximum atomic E-state index is 12.8. The van der Waals surface area contributed by atoms with Gasteiger partial charge in [0.05, 0.1) is 12.1 Å². The molecular weight excluding hydrogens is 404 g/mol. The van der Waals surface area contributed by atoms with Crippen molar-refractivity contribution in [2.75, 3.05) is 45.2 Å². The molecule has 0 radical (unpaired) electrons. The van der Waals surface area contributed by atoms with Crippen molar-refractivity contribution >= 4 is 22.5 Å². The Morgan fingerprint density at radius 1 is 1.22 bits per heavy atom. The summed E-state index contributed by atoms with van der Waals surface area (Å²) in [6.45, 7) is 2.01. The van der Waals surface area contributed by atoms with Crippen LogP contribution in [0.25, 0.3) is 10.9 Å². The maximum Gasteiger partial charge on any atom is 0.258 e. The highest BCUT2D eigenvalue weighted by molar-refractivity contribution is 5.95. The number of carbonyl (C=O) groups excluding carboxylic acids is 1. The van der Waals surface area contributed by atoms with Gasteiger partial charge in [0.25, 0.3) is 5.91 Å². The van der Waals surface area contributed by atoms with Crippen LogP contribution >= 0.6 is 0 Å². The molecule has 2 heterocycles. The van der Waals surface area contributed by atoms with E-state index in [-0.39, 0.29) is 24.7 Å². The van der Waals surface area contributed by atoms with Gasteiger partial charge in [-0.25, -0.2) is 0 Å². The molecule has 2 aromatic carbocycles. The van der Waals surface area contributed by atoms with Crippen LogP contribution in [0.3, 0.4) is 0 Å². The summed E-state index contributed by atoms with van der Waals surface area (Å²) in [4.78, 5) is 21.5. The molecule has 0 unspecified atom stereocenters. The van der Waals surface area contributed by atoms with Gasteiger partial charge in [-0.2, -0.15) is 0 Å². The van der Waals surface area contributed by atoms with Crippen molar-refractivity contribution in [1.29, 1.82) is 0 Å². The van der Waals surface area contributed by atoms with Crippen molar-refractivity contribution in [3.8, 4) is 5.75 Å². The number of hydrogen-bond acceptors (Lipinski definition) is 6. The number of nitrogens with one attached hydrogen (secondary N) is 1. The Labute approximate surface area is 188 Å². The number of amides is 1. The number of ether oxygens (including phenoxy) is 1. The first-order valence-electron chi connectivity index (χ1n) is 10.9. The Morgan fingerprint density at radius 2 is 2.03 bits per heavy atom. The molecule has 7 nitrogen and oxygen atoms in total. The Hall–Kier alpha value is -3.16. The van der Waals surface area contributed by atoms with Crippen LogP contribution < -0.4 is 15.0 Å². The molecule has 4 rings (SSSR count). The average Bonchev–Trinajstić information content (AvgIpc) is 3.22. The van der Waals surface area contributed by atoms with Gasteiger partial charge < -0.3 is 20.1 Å². The van der Waals surface area contributed by atoms with Crippen molar-refractivity contribution in [2.45, 2.75) is 18.6 Å². The summed E-state index contributed by atoms with van der Waals surface area (Å²) in [5.74, 6) is 0.389. The van der Waals surface area contributed by atoms with Crippen LogP contribution in [-0.4, -0.2) is 67.3 Å². The third-order valence-corrected chi connectivity index (χ3v) is 5.78. The molecule has 2 atom stereocenters. The number of carbonyl (C=O) groups is 1. The van der Waals surface area contributed by atoms with Crippen LogP contribution in [0.5, 0.6) is 5.75 Å². The second-order valence-electron chi connectivity index (χ2n) is 8.40. The largest absolute Gasteiger partial charge is 0.481 e. The topological polar surface area (TPSA) is 77.9 Å². The summed E-state index contributed by atoms with van der Waals surface area (Å²) in [5.41, 5.74) is 2.81. The third-order valence-electron chi connectivity index (χ3n) is 5.78. The van der Waals surface area contributed by atoms with E-state index in [0.717, 1.165) is 35.1 Å². The molecule has 1 saturated heterocycles. The number of fused-ring (bicyclic) bond motifs is 1. The summed E-state index contributed by atoms with van der Waals surface area (Å²) >= 11 is 0. The molecule has 32 heavy (non-hydrogen) atoms. The van der Waals surface area contributed by atoms with Gasteiger partial charge in [0.15, 0.2) is 6.61 Å². The van der Waals surface area contributed by atoms with Gasteiger partial charge in [0, 0.05) is 51.0 Å². The highest BCUT2D eigenvalue weighted by atomic mass is 16.5. The smallest absolute Gasteiger partial charge is 0.258 e. The summed E-state index contributed by atoms with van der Waals surface area (Å²) in [7, 11) is 3.97. The lowest BCUT2D eigenvalue weighted by molar-refractivity contribution is -0.124. The molecular formula is C25H30N4O3. The molecule has 0 spiro atoms. The Morgan fingerprint density at radius 3 is 2.75 bits per heavy atom. The van der Waals surface area contributed by atoms with Crippen LogP contribution in [0.4, 0.5) is 5.69 Å². The third kappa shape index (κ3) is 5.18. The van der Waals surface area contributed by atoms with E-state index >= 15 is 0 Å². The SMILES string of the molecule is CN(C)c1ccc(OCC(=O)N[C@H](CN2CC[C@H](O)C2)c2ccccc2)c2ncccc12. The van der Waals surface area contributed by atoms with E-state index in [1.165, 1.54) is 0 Å². The summed E-state index contributed by atoms with van der Waals surface area (Å²) in [5, 5.41) is 13.9. The van der Waals surface area contributed by atoms with Crippen LogP contribution in [0, 0.1) is 0 Å². The van der Waals surface area contributed by atoms with Crippen LogP contribution in [-0.2, 0) is 4.79 Å². The van der Waals surface area contributed by atoms with Gasteiger partial charge in [-0.3, -0.25) is 14.7 Å². The van der Waals surface area contributed by atoms with Gasteiger partial charge in [-0.05, 0) is 36.2 Å². The van der Waals surface area contributed by atoms with Gasteiger partial charge in [-0.15, -0.1) is 0 Å². The molecule has 0 bridgehead atoms. The molecule has 3 aromatic rings. The lowest BCUT2D eigenvalue weighted by Gasteiger charge is -2.25. The molecule has 1 amide bonds. The van der Waals surface area contributed by atoms with E-state index < -0.39 is 0 Å². The number of nitrogens with zero attached hydrogens (tertiary/aromatic N) is 3. The molecule has 1 aromatic heterocycles. The summed E-state index contributed by atoms with van der Waals surface area (Å²) in [6.07, 6.45) is 2.20. The van der Waals surface area contributed by atoms with E-state index in [9.17, 15) is 9.90 Å². The molecule has 0 aliphatic carbocycles. The van der Waals surface area contributed by atoms with Crippen molar-refractivity contribution < 1.29 is 14.6 Å². The summed E-state index contributed by atoms with van der Waals surface area (Å²) in [6, 6.07) is 17.5. The van der Waals surface area contributed by atoms with Crippen molar-refractivity contribution in [3.63, 3.8) is 0 Å². The number of β-amino-alcohol motifs (C(OH)–C–C–N with tert-alkyl or cyclic N) is 1. The van der Waals surface area contributed by atoms with E-state index in [1.807, 2.05) is 73.6 Å². The van der Waals surface area contributed by atoms with E-state index in [4.69, 9.17) is 4.74 Å². The van der Waals surface area contributed by atoms with E-state index in [1.54, 1.807) is 6.20 Å². The lowest BCUT2D eigenvalue weighted by atomic mass is 10.1. The maximum absolute atomic E-state index is 12.8. The first-order valence-corrected chi connectivity index (χ1v) is 10.9. The fraction of sp³-hybridized carbons (Fsp3) is 0.360. The predicted molar refractivity (Wildman–Crippen MR) is 126 cm³/mol. The molecule has 7 heteroatoms. The zero-order valence-electron chi connectivity index (χ0n) is 18.6. The minimum Gasteiger partial charge on any atom is -0.481 e. The molecule has 168 valence electrons. The zero-order chi connectivity index (χ0) is 22.5. The quantitative estimate of drug-likeness (QED) is 0.568. The van der Waals surface area contributed by atoms with Gasteiger partial charge in [-0.1, -0.05) is 30.3 Å². The second-order valence-corrected chi connectivity index (χ2v) is 8.40. The number of aliphatic hydroxyl groups is 1. The van der Waals surface area contributed by atoms with Crippen molar-refractivity contribution in [3.05, 3.63) is 66.4 Å². The van der Waals surface area contributed by atoms with Crippen LogP contribution in [0.2, 0.25) is 0 Å². The fourth-order valence-electron chi connectivity index (χ4n) is 4.17.